The Bertz CT molecular complexity index is 401. The lowest BCUT2D eigenvalue weighted by atomic mass is 9.88. The lowest BCUT2D eigenvalue weighted by molar-refractivity contribution is -0.137. The minimum absolute atomic E-state index is 0.0215. The van der Waals surface area contributed by atoms with Crippen molar-refractivity contribution < 1.29 is 15.0 Å². The summed E-state index contributed by atoms with van der Waals surface area (Å²) >= 11 is 0. The van der Waals surface area contributed by atoms with E-state index in [0.717, 1.165) is 24.2 Å². The van der Waals surface area contributed by atoms with Gasteiger partial charge in [-0.2, -0.15) is 15.4 Å². The number of H-pyrrole nitrogens is 1. The normalized spacial score (nSPS) is 18.4. The van der Waals surface area contributed by atoms with E-state index in [4.69, 9.17) is 10.2 Å². The number of nitrogens with zero attached hydrogens (tertiary/aromatic N) is 3. The molecule has 1 aliphatic rings. The maximum atomic E-state index is 12.3. The lowest BCUT2D eigenvalue weighted by Gasteiger charge is -2.27. The summed E-state index contributed by atoms with van der Waals surface area (Å²) in [4.78, 5) is 13.8. The summed E-state index contributed by atoms with van der Waals surface area (Å²) in [7, 11) is 0. The number of aromatic amines is 1. The fraction of sp³-hybridized carbons (Fsp3) is 0.727. The van der Waals surface area contributed by atoms with Crippen molar-refractivity contribution in [2.24, 2.45) is 5.92 Å². The summed E-state index contributed by atoms with van der Waals surface area (Å²) in [5.41, 5.74) is 1.79. The number of aryl methyl sites for hydroxylation is 1. The van der Waals surface area contributed by atoms with Crippen molar-refractivity contribution in [3.05, 3.63) is 11.4 Å². The predicted octanol–water partition coefficient (Wildman–Crippen LogP) is -1.28. The highest BCUT2D eigenvalue weighted by Gasteiger charge is 2.29. The molecule has 7 heteroatoms. The minimum atomic E-state index is -0.124. The molecular weight excluding hydrogens is 236 g/mol. The molecule has 1 atom stereocenters. The average molecular weight is 254 g/mol. The molecule has 0 radical (unpaired) electrons. The number of hydrogen-bond acceptors (Lipinski definition) is 5. The Morgan fingerprint density at radius 2 is 1.94 bits per heavy atom. The van der Waals surface area contributed by atoms with Gasteiger partial charge in [-0.05, 0) is 12.8 Å². The van der Waals surface area contributed by atoms with Crippen LogP contribution in [0.3, 0.4) is 0 Å². The zero-order valence-corrected chi connectivity index (χ0v) is 10.2. The lowest BCUT2D eigenvalue weighted by Crippen LogP contribution is -2.41. The van der Waals surface area contributed by atoms with Gasteiger partial charge >= 0.3 is 0 Å². The van der Waals surface area contributed by atoms with E-state index in [2.05, 4.69) is 15.4 Å². The Hall–Kier alpha value is -1.47. The molecule has 0 aromatic carbocycles. The number of aliphatic hydroxyl groups is 2. The molecule has 0 aliphatic heterocycles. The summed E-state index contributed by atoms with van der Waals surface area (Å²) in [6, 6.07) is 0. The Labute approximate surface area is 105 Å². The zero-order valence-electron chi connectivity index (χ0n) is 10.2. The van der Waals surface area contributed by atoms with Crippen LogP contribution in [0.15, 0.2) is 0 Å². The first-order valence-corrected chi connectivity index (χ1v) is 6.15. The molecule has 1 heterocycles. The van der Waals surface area contributed by atoms with E-state index in [1.807, 2.05) is 0 Å². The third-order valence-corrected chi connectivity index (χ3v) is 3.27. The fourth-order valence-corrected chi connectivity index (χ4v) is 2.33. The highest BCUT2D eigenvalue weighted by Crippen LogP contribution is 2.23. The quantitative estimate of drug-likeness (QED) is 0.607. The standard InChI is InChI=1S/C11H18N4O3/c16-5-3-15(4-6-17)11(18)8-1-2-9-10(7-8)13-14-12-9/h8,16-17H,1-7H2,(H,12,13,14). The van der Waals surface area contributed by atoms with Crippen LogP contribution in [0.25, 0.3) is 0 Å². The molecule has 0 bridgehead atoms. The van der Waals surface area contributed by atoms with E-state index in [1.54, 1.807) is 0 Å². The van der Waals surface area contributed by atoms with Crippen LogP contribution >= 0.6 is 0 Å². The maximum absolute atomic E-state index is 12.3. The molecule has 0 saturated heterocycles. The van der Waals surface area contributed by atoms with Gasteiger partial charge in [0, 0.05) is 25.4 Å². The number of aliphatic hydroxyl groups excluding tert-OH is 2. The molecule has 2 rings (SSSR count). The summed E-state index contributed by atoms with van der Waals surface area (Å²) in [6.45, 7) is 0.352. The Balaban J connectivity index is 2.01. The van der Waals surface area contributed by atoms with Crippen LogP contribution in [0, 0.1) is 5.92 Å². The van der Waals surface area contributed by atoms with Crippen LogP contribution in [-0.2, 0) is 17.6 Å². The summed E-state index contributed by atoms with van der Waals surface area (Å²) in [6.07, 6.45) is 2.07. The second-order valence-corrected chi connectivity index (χ2v) is 4.43. The molecule has 1 aromatic heterocycles. The number of carbonyl (C=O) groups excluding carboxylic acids is 1. The molecule has 18 heavy (non-hydrogen) atoms. The van der Waals surface area contributed by atoms with Gasteiger partial charge in [-0.3, -0.25) is 4.79 Å². The van der Waals surface area contributed by atoms with Gasteiger partial charge < -0.3 is 15.1 Å². The number of nitrogens with one attached hydrogen (secondary N) is 1. The number of amides is 1. The van der Waals surface area contributed by atoms with Gasteiger partial charge in [0.25, 0.3) is 0 Å². The molecule has 1 aromatic rings. The van der Waals surface area contributed by atoms with Crippen LogP contribution in [-0.4, -0.2) is 62.7 Å². The van der Waals surface area contributed by atoms with Crippen molar-refractivity contribution in [2.45, 2.75) is 19.3 Å². The number of aromatic nitrogens is 3. The molecule has 0 spiro atoms. The average Bonchev–Trinajstić information content (AvgIpc) is 2.84. The topological polar surface area (TPSA) is 102 Å². The van der Waals surface area contributed by atoms with Gasteiger partial charge in [0.15, 0.2) is 0 Å². The van der Waals surface area contributed by atoms with Crippen molar-refractivity contribution in [3.63, 3.8) is 0 Å². The Morgan fingerprint density at radius 3 is 2.61 bits per heavy atom. The molecule has 0 saturated carbocycles. The van der Waals surface area contributed by atoms with E-state index in [9.17, 15) is 4.79 Å². The molecule has 1 amide bonds. The van der Waals surface area contributed by atoms with E-state index in [-0.39, 0.29) is 38.1 Å². The molecule has 7 nitrogen and oxygen atoms in total. The van der Waals surface area contributed by atoms with E-state index in [1.165, 1.54) is 4.90 Å². The van der Waals surface area contributed by atoms with Crippen molar-refractivity contribution in [2.75, 3.05) is 26.3 Å². The van der Waals surface area contributed by atoms with Crippen molar-refractivity contribution in [3.8, 4) is 0 Å². The molecule has 0 fully saturated rings. The van der Waals surface area contributed by atoms with Crippen LogP contribution in [0.5, 0.6) is 0 Å². The second kappa shape index (κ2) is 5.92. The van der Waals surface area contributed by atoms with Crippen molar-refractivity contribution >= 4 is 5.91 Å². The third kappa shape index (κ3) is 2.68. The SMILES string of the molecule is O=C(C1CCc2n[nH]nc2C1)N(CCO)CCO. The smallest absolute Gasteiger partial charge is 0.226 e. The van der Waals surface area contributed by atoms with Gasteiger partial charge in [0.1, 0.15) is 0 Å². The summed E-state index contributed by atoms with van der Waals surface area (Å²) in [5.74, 6) is -0.146. The molecule has 3 N–H and O–H groups in total. The first-order valence-electron chi connectivity index (χ1n) is 6.15. The summed E-state index contributed by atoms with van der Waals surface area (Å²) < 4.78 is 0. The summed E-state index contributed by atoms with van der Waals surface area (Å²) in [5, 5.41) is 28.5. The van der Waals surface area contributed by atoms with E-state index < -0.39 is 0 Å². The molecule has 100 valence electrons. The predicted molar refractivity (Wildman–Crippen MR) is 62.6 cm³/mol. The van der Waals surface area contributed by atoms with Crippen LogP contribution < -0.4 is 0 Å². The first-order chi connectivity index (χ1) is 8.76. The minimum Gasteiger partial charge on any atom is -0.395 e. The van der Waals surface area contributed by atoms with Gasteiger partial charge in [0.05, 0.1) is 24.6 Å². The molecule has 1 aliphatic carbocycles. The van der Waals surface area contributed by atoms with Crippen LogP contribution in [0.4, 0.5) is 0 Å². The number of carbonyl (C=O) groups is 1. The maximum Gasteiger partial charge on any atom is 0.226 e. The monoisotopic (exact) mass is 254 g/mol. The van der Waals surface area contributed by atoms with Crippen molar-refractivity contribution in [1.82, 2.24) is 20.3 Å². The van der Waals surface area contributed by atoms with Gasteiger partial charge in [0.2, 0.25) is 5.91 Å². The van der Waals surface area contributed by atoms with Crippen LogP contribution in [0.2, 0.25) is 0 Å². The van der Waals surface area contributed by atoms with E-state index >= 15 is 0 Å². The molecular formula is C11H18N4O3. The fourth-order valence-electron chi connectivity index (χ4n) is 2.33. The van der Waals surface area contributed by atoms with Crippen LogP contribution in [0.1, 0.15) is 17.8 Å². The van der Waals surface area contributed by atoms with Gasteiger partial charge in [-0.25, -0.2) is 0 Å². The largest absolute Gasteiger partial charge is 0.395 e. The number of rotatable bonds is 5. The van der Waals surface area contributed by atoms with E-state index in [0.29, 0.717) is 6.42 Å². The van der Waals surface area contributed by atoms with Gasteiger partial charge in [-0.1, -0.05) is 0 Å². The van der Waals surface area contributed by atoms with Crippen molar-refractivity contribution in [1.29, 1.82) is 0 Å². The number of hydrogen-bond donors (Lipinski definition) is 3. The first kappa shape index (κ1) is 13.0. The van der Waals surface area contributed by atoms with Gasteiger partial charge in [-0.15, -0.1) is 0 Å². The second-order valence-electron chi connectivity index (χ2n) is 4.43. The third-order valence-electron chi connectivity index (χ3n) is 3.27. The molecule has 1 unspecified atom stereocenters. The number of fused-ring (bicyclic) bond motifs is 1. The Kier molecular flexibility index (Phi) is 4.27. The Morgan fingerprint density at radius 1 is 1.28 bits per heavy atom. The highest BCUT2D eigenvalue weighted by molar-refractivity contribution is 5.79. The highest BCUT2D eigenvalue weighted by atomic mass is 16.3. The zero-order chi connectivity index (χ0) is 13.0.